The first-order valence-electron chi connectivity index (χ1n) is 9.60. The largest absolute Gasteiger partial charge is 0.543 e. The number of carbonyl (C=O) groups excluding carboxylic acids is 3. The van der Waals surface area contributed by atoms with Gasteiger partial charge >= 0.3 is 6.61 Å². The Balaban J connectivity index is 0.00000342. The van der Waals surface area contributed by atoms with Crippen LogP contribution in [0.5, 0.6) is 0 Å². The fourth-order valence-corrected chi connectivity index (χ4v) is 5.39. The molecule has 12 nitrogen and oxygen atoms in total. The molecule has 17 heteroatoms. The van der Waals surface area contributed by atoms with E-state index in [4.69, 9.17) is 5.73 Å². The summed E-state index contributed by atoms with van der Waals surface area (Å²) >= 11 is 2.20. The number of aryl methyl sites for hydroxylation is 1. The number of nitrogens with two attached hydrogens (primary N) is 1. The molecule has 2 atom stereocenters. The molecule has 35 heavy (non-hydrogen) atoms. The van der Waals surface area contributed by atoms with Gasteiger partial charge in [0.1, 0.15) is 23.7 Å². The summed E-state index contributed by atoms with van der Waals surface area (Å²) < 4.78 is 28.5. The average molecular weight is 550 g/mol. The van der Waals surface area contributed by atoms with E-state index in [0.29, 0.717) is 5.57 Å². The minimum Gasteiger partial charge on any atom is -0.543 e. The lowest BCUT2D eigenvalue weighted by molar-refractivity contribution is -0.752. The molecular formula is C18H18ClF2N7O5S2. The Kier molecular flexibility index (Phi) is 7.97. The molecule has 0 unspecified atom stereocenters. The molecule has 0 bridgehead atoms. The van der Waals surface area contributed by atoms with Crippen LogP contribution in [0.3, 0.4) is 0 Å². The summed E-state index contributed by atoms with van der Waals surface area (Å²) in [6, 6.07) is 0.661. The van der Waals surface area contributed by atoms with Crippen LogP contribution in [-0.4, -0.2) is 61.8 Å². The van der Waals surface area contributed by atoms with Crippen molar-refractivity contribution in [3.63, 3.8) is 0 Å². The van der Waals surface area contributed by atoms with Crippen molar-refractivity contribution < 1.29 is 37.8 Å². The molecule has 1 saturated heterocycles. The number of hydrogen-bond donors (Lipinski definition) is 2. The van der Waals surface area contributed by atoms with Gasteiger partial charge in [-0.1, -0.05) is 5.16 Å². The normalized spacial score (nSPS) is 19.7. The molecule has 2 aromatic heterocycles. The van der Waals surface area contributed by atoms with Crippen LogP contribution in [0.4, 0.5) is 13.9 Å². The number of hydrogen-bond acceptors (Lipinski definition) is 10. The number of β-lactam (4-membered cyclic amide) rings is 1. The highest BCUT2D eigenvalue weighted by molar-refractivity contribution is 8.00. The number of carboxylic acids is 1. The molecule has 0 aliphatic carbocycles. The highest BCUT2D eigenvalue weighted by atomic mass is 35.5. The third-order valence-electron chi connectivity index (χ3n) is 5.05. The van der Waals surface area contributed by atoms with E-state index in [-0.39, 0.29) is 41.2 Å². The van der Waals surface area contributed by atoms with Gasteiger partial charge < -0.3 is 25.8 Å². The van der Waals surface area contributed by atoms with Crippen molar-refractivity contribution in [3.8, 4) is 0 Å². The van der Waals surface area contributed by atoms with Crippen molar-refractivity contribution in [2.45, 2.75) is 24.6 Å². The van der Waals surface area contributed by atoms with Crippen molar-refractivity contribution in [2.75, 3.05) is 11.5 Å². The number of halogens is 3. The number of nitrogens with zero attached hydrogens (tertiary/aromatic N) is 5. The quantitative estimate of drug-likeness (QED) is 0.180. The number of thioether (sulfide) groups is 1. The van der Waals surface area contributed by atoms with Crippen molar-refractivity contribution in [3.05, 3.63) is 40.8 Å². The summed E-state index contributed by atoms with van der Waals surface area (Å²) in [7, 11) is 1.78. The van der Waals surface area contributed by atoms with Gasteiger partial charge in [0.2, 0.25) is 0 Å². The molecule has 0 radical (unpaired) electrons. The van der Waals surface area contributed by atoms with Gasteiger partial charge in [0.25, 0.3) is 11.8 Å². The van der Waals surface area contributed by atoms with Crippen LogP contribution in [0.15, 0.2) is 40.3 Å². The lowest BCUT2D eigenvalue weighted by Gasteiger charge is -2.50. The van der Waals surface area contributed by atoms with Gasteiger partial charge in [0.15, 0.2) is 24.1 Å². The second kappa shape index (κ2) is 10.6. The number of amides is 2. The monoisotopic (exact) mass is 549 g/mol. The number of aromatic nitrogens is 3. The highest BCUT2D eigenvalue weighted by Crippen LogP contribution is 2.40. The first-order chi connectivity index (χ1) is 16.2. The molecule has 188 valence electrons. The van der Waals surface area contributed by atoms with Gasteiger partial charge in [-0.25, -0.2) is 4.98 Å². The van der Waals surface area contributed by atoms with Crippen LogP contribution in [0.25, 0.3) is 0 Å². The molecular weight excluding hydrogens is 532 g/mol. The standard InChI is InChI=1S/C18H17F2N7O5S2.ClH/c1-25-3-2-4-26(25)5-8-6-33-15-11(14(29)27(15)12(8)16(30)31)23-13(28)10(24-32-17(19)20)9-7-34-18(21)22-9;/h2-4,7,11,15,17H,5-6H2,1H3,(H3-,21,22,23,28,30,31);1H/t11-,15-;/m1./s1. The van der Waals surface area contributed by atoms with E-state index in [1.165, 1.54) is 17.1 Å². The van der Waals surface area contributed by atoms with E-state index in [0.717, 1.165) is 16.2 Å². The molecule has 0 saturated carbocycles. The van der Waals surface area contributed by atoms with Gasteiger partial charge in [-0.2, -0.15) is 13.5 Å². The molecule has 4 rings (SSSR count). The summed E-state index contributed by atoms with van der Waals surface area (Å²) in [6.45, 7) is -3.06. The number of carbonyl (C=O) groups is 3. The van der Waals surface area contributed by atoms with Gasteiger partial charge in [-0.05, 0) is 5.57 Å². The number of anilines is 1. The Labute approximate surface area is 210 Å². The molecule has 2 aliphatic heterocycles. The zero-order valence-electron chi connectivity index (χ0n) is 17.8. The maximum absolute atomic E-state index is 12.8. The Morgan fingerprint density at radius 1 is 1.49 bits per heavy atom. The first-order valence-corrected chi connectivity index (χ1v) is 11.5. The summed E-state index contributed by atoms with van der Waals surface area (Å²) in [4.78, 5) is 46.2. The lowest BCUT2D eigenvalue weighted by atomic mass is 10.0. The summed E-state index contributed by atoms with van der Waals surface area (Å²) in [5.74, 6) is -2.95. The average Bonchev–Trinajstić information content (AvgIpc) is 3.39. The number of rotatable bonds is 8. The van der Waals surface area contributed by atoms with E-state index in [1.54, 1.807) is 34.9 Å². The fraction of sp³-hybridized carbons (Fsp3) is 0.333. The van der Waals surface area contributed by atoms with Crippen molar-refractivity contribution >= 4 is 64.1 Å². The fourth-order valence-electron chi connectivity index (χ4n) is 3.51. The number of fused-ring (bicyclic) bond motifs is 1. The summed E-state index contributed by atoms with van der Waals surface area (Å²) in [5, 5.41) is 18.1. The van der Waals surface area contributed by atoms with Crippen LogP contribution in [0.2, 0.25) is 0 Å². The van der Waals surface area contributed by atoms with Crippen LogP contribution in [0, 0.1) is 0 Å². The van der Waals surface area contributed by atoms with E-state index in [2.05, 4.69) is 20.3 Å². The van der Waals surface area contributed by atoms with Crippen LogP contribution in [-0.2, 0) is 32.8 Å². The summed E-state index contributed by atoms with van der Waals surface area (Å²) in [5.41, 5.74) is 5.03. The predicted molar refractivity (Wildman–Crippen MR) is 120 cm³/mol. The molecule has 1 fully saturated rings. The second-order valence-corrected chi connectivity index (χ2v) is 9.13. The molecule has 4 heterocycles. The first kappa shape index (κ1) is 26.4. The number of nitrogens with one attached hydrogen (secondary N) is 1. The van der Waals surface area contributed by atoms with Gasteiger partial charge in [0, 0.05) is 17.2 Å². The molecule has 2 aromatic rings. The number of nitrogen functional groups attached to an aromatic ring is 1. The van der Waals surface area contributed by atoms with Crippen molar-refractivity contribution in [1.82, 2.24) is 19.9 Å². The van der Waals surface area contributed by atoms with Crippen LogP contribution < -0.4 is 20.8 Å². The topological polar surface area (TPSA) is 159 Å². The van der Waals surface area contributed by atoms with Gasteiger partial charge in [-0.15, -0.1) is 40.2 Å². The number of carboxylic acid groups (broad SMARTS) is 1. The zero-order valence-corrected chi connectivity index (χ0v) is 20.2. The SMILES string of the molecule is C[n+]1cccn1CC1=C(C(=O)[O-])N2C(=O)[C@@H](NC(=O)C(=NOC(F)F)c3csc(N)n3)[C@H]2SC1.Cl. The number of aliphatic carboxylic acids is 1. The Morgan fingerprint density at radius 3 is 2.80 bits per heavy atom. The Hall–Kier alpha value is -3.24. The highest BCUT2D eigenvalue weighted by Gasteiger charge is 2.53. The molecule has 2 aliphatic rings. The molecule has 3 N–H and O–H groups in total. The maximum atomic E-state index is 12.8. The van der Waals surface area contributed by atoms with E-state index >= 15 is 0 Å². The number of alkyl halides is 2. The Morgan fingerprint density at radius 2 is 2.23 bits per heavy atom. The zero-order chi connectivity index (χ0) is 24.6. The minimum absolute atomic E-state index is 0. The van der Waals surface area contributed by atoms with E-state index < -0.39 is 41.5 Å². The Bertz CT molecular complexity index is 1220. The smallest absolute Gasteiger partial charge is 0.407 e. The van der Waals surface area contributed by atoms with Crippen molar-refractivity contribution in [1.29, 1.82) is 0 Å². The second-order valence-electron chi connectivity index (χ2n) is 7.14. The molecule has 0 aromatic carbocycles. The van der Waals surface area contributed by atoms with Crippen molar-refractivity contribution in [2.24, 2.45) is 12.2 Å². The van der Waals surface area contributed by atoms with E-state index in [1.807, 2.05) is 0 Å². The maximum Gasteiger partial charge on any atom is 0.407 e. The van der Waals surface area contributed by atoms with E-state index in [9.17, 15) is 28.3 Å². The van der Waals surface area contributed by atoms with Crippen LogP contribution >= 0.6 is 35.5 Å². The van der Waals surface area contributed by atoms with Gasteiger partial charge in [-0.3, -0.25) is 14.5 Å². The third kappa shape index (κ3) is 5.23. The molecule has 0 spiro atoms. The summed E-state index contributed by atoms with van der Waals surface area (Å²) in [6.07, 6.45) is 3.54. The number of thiazole rings is 1. The predicted octanol–water partition coefficient (Wildman–Crippen LogP) is -1.18. The molecule has 2 amide bonds. The van der Waals surface area contributed by atoms with Gasteiger partial charge in [0.05, 0.1) is 17.9 Å². The van der Waals surface area contributed by atoms with Crippen LogP contribution in [0.1, 0.15) is 5.69 Å². The number of oxime groups is 1. The minimum atomic E-state index is -3.29. The lowest BCUT2D eigenvalue weighted by Crippen LogP contribution is -2.71. The third-order valence-corrected chi connectivity index (χ3v) is 7.06.